The van der Waals surface area contributed by atoms with Gasteiger partial charge in [0.05, 0.1) is 22.4 Å². The van der Waals surface area contributed by atoms with Crippen molar-refractivity contribution in [2.24, 2.45) is 0 Å². The van der Waals surface area contributed by atoms with Gasteiger partial charge in [-0.05, 0) is 13.0 Å². The first-order chi connectivity index (χ1) is 8.08. The molecule has 0 aliphatic rings. The molecule has 0 radical (unpaired) electrons. The van der Waals surface area contributed by atoms with Gasteiger partial charge in [-0.15, -0.1) is 10.2 Å². The zero-order valence-corrected chi connectivity index (χ0v) is 9.66. The smallest absolute Gasteiger partial charge is 0.196 e. The van der Waals surface area contributed by atoms with Gasteiger partial charge in [0.15, 0.2) is 5.82 Å². The summed E-state index contributed by atoms with van der Waals surface area (Å²) in [6.45, 7) is 1.80. The van der Waals surface area contributed by atoms with Crippen molar-refractivity contribution in [1.82, 2.24) is 20.6 Å². The lowest BCUT2D eigenvalue weighted by atomic mass is 10.2. The molecule has 0 aliphatic carbocycles. The first-order valence-electron chi connectivity index (χ1n) is 4.82. The maximum atomic E-state index is 13.3. The van der Waals surface area contributed by atoms with E-state index in [1.165, 1.54) is 12.1 Å². The van der Waals surface area contributed by atoms with Crippen LogP contribution in [0.15, 0.2) is 12.1 Å². The van der Waals surface area contributed by atoms with Crippen LogP contribution in [0.2, 0.25) is 5.02 Å². The number of aromatic amines is 1. The van der Waals surface area contributed by atoms with E-state index in [-0.39, 0.29) is 11.1 Å². The molecule has 0 fully saturated rings. The quantitative estimate of drug-likeness (QED) is 0.728. The van der Waals surface area contributed by atoms with Crippen molar-refractivity contribution in [3.63, 3.8) is 0 Å². The third-order valence-corrected chi connectivity index (χ3v) is 2.50. The van der Waals surface area contributed by atoms with E-state index in [2.05, 4.69) is 25.9 Å². The van der Waals surface area contributed by atoms with Gasteiger partial charge in [-0.1, -0.05) is 16.8 Å². The Hall–Kier alpha value is -1.89. The summed E-state index contributed by atoms with van der Waals surface area (Å²) in [4.78, 5) is 0. The molecule has 0 spiro atoms. The summed E-state index contributed by atoms with van der Waals surface area (Å²) in [7, 11) is 0. The van der Waals surface area contributed by atoms with Gasteiger partial charge in [-0.25, -0.2) is 4.39 Å². The first-order valence-corrected chi connectivity index (χ1v) is 5.20. The van der Waals surface area contributed by atoms with Gasteiger partial charge in [0.1, 0.15) is 5.82 Å². The van der Waals surface area contributed by atoms with Crippen molar-refractivity contribution in [2.45, 2.75) is 13.0 Å². The largest absolute Gasteiger partial charge is 0.397 e. The number of hydrogen-bond donors (Lipinski definition) is 3. The summed E-state index contributed by atoms with van der Waals surface area (Å²) in [6, 6.07) is 2.33. The third-order valence-electron chi connectivity index (χ3n) is 2.21. The minimum Gasteiger partial charge on any atom is -0.397 e. The Labute approximate surface area is 101 Å². The SMILES string of the molecule is CC(Nc1cc(F)c(Cl)cc1N)c1nn[nH]n1. The molecule has 2 rings (SSSR count). The van der Waals surface area contributed by atoms with Crippen molar-refractivity contribution in [3.05, 3.63) is 28.8 Å². The lowest BCUT2D eigenvalue weighted by Gasteiger charge is -2.14. The summed E-state index contributed by atoms with van der Waals surface area (Å²) < 4.78 is 13.3. The van der Waals surface area contributed by atoms with Crippen molar-refractivity contribution >= 4 is 23.0 Å². The van der Waals surface area contributed by atoms with E-state index in [4.69, 9.17) is 17.3 Å². The minimum absolute atomic E-state index is 0.0136. The maximum Gasteiger partial charge on any atom is 0.196 e. The predicted octanol–water partition coefficient (Wildman–Crippen LogP) is 1.75. The van der Waals surface area contributed by atoms with Gasteiger partial charge >= 0.3 is 0 Å². The second-order valence-corrected chi connectivity index (χ2v) is 3.90. The fourth-order valence-electron chi connectivity index (χ4n) is 1.34. The highest BCUT2D eigenvalue weighted by atomic mass is 35.5. The molecule has 1 aromatic heterocycles. The Balaban J connectivity index is 2.22. The number of tetrazole rings is 1. The number of benzene rings is 1. The van der Waals surface area contributed by atoms with Gasteiger partial charge in [0.2, 0.25) is 0 Å². The summed E-state index contributed by atoms with van der Waals surface area (Å²) in [6.07, 6.45) is 0. The van der Waals surface area contributed by atoms with Crippen LogP contribution >= 0.6 is 11.6 Å². The molecule has 0 amide bonds. The number of nitrogens with two attached hydrogens (primary N) is 1. The zero-order valence-electron chi connectivity index (χ0n) is 8.91. The topological polar surface area (TPSA) is 92.5 Å². The molecule has 8 heteroatoms. The second kappa shape index (κ2) is 4.54. The molecule has 0 saturated heterocycles. The van der Waals surface area contributed by atoms with Gasteiger partial charge in [0, 0.05) is 6.07 Å². The fraction of sp³-hybridized carbons (Fsp3) is 0.222. The molecule has 6 nitrogen and oxygen atoms in total. The van der Waals surface area contributed by atoms with E-state index in [1.54, 1.807) is 6.92 Å². The highest BCUT2D eigenvalue weighted by molar-refractivity contribution is 6.31. The van der Waals surface area contributed by atoms with Crippen LogP contribution in [-0.2, 0) is 0 Å². The van der Waals surface area contributed by atoms with Crippen LogP contribution < -0.4 is 11.1 Å². The summed E-state index contributed by atoms with van der Waals surface area (Å²) >= 11 is 5.60. The van der Waals surface area contributed by atoms with Crippen LogP contribution in [0.1, 0.15) is 18.8 Å². The molecule has 1 aromatic carbocycles. The monoisotopic (exact) mass is 256 g/mol. The summed E-state index contributed by atoms with van der Waals surface area (Å²) in [5.41, 5.74) is 6.50. The Kier molecular flexibility index (Phi) is 3.10. The Morgan fingerprint density at radius 1 is 1.53 bits per heavy atom. The number of anilines is 2. The van der Waals surface area contributed by atoms with Gasteiger partial charge in [-0.2, -0.15) is 5.21 Å². The standard InChI is InChI=1S/C9H10ClFN6/c1-4(9-14-16-17-15-9)13-8-3-6(11)5(10)2-7(8)12/h2-4,13H,12H2,1H3,(H,14,15,16,17). The molecule has 17 heavy (non-hydrogen) atoms. The van der Waals surface area contributed by atoms with E-state index in [9.17, 15) is 4.39 Å². The number of nitrogens with one attached hydrogen (secondary N) is 2. The maximum absolute atomic E-state index is 13.3. The fourth-order valence-corrected chi connectivity index (χ4v) is 1.51. The van der Waals surface area contributed by atoms with E-state index in [1.807, 2.05) is 0 Å². The number of aromatic nitrogens is 4. The molecule has 1 unspecified atom stereocenters. The molecule has 90 valence electrons. The number of rotatable bonds is 3. The molecule has 1 atom stereocenters. The van der Waals surface area contributed by atoms with Crippen LogP contribution in [0.5, 0.6) is 0 Å². The molecule has 1 heterocycles. The van der Waals surface area contributed by atoms with Crippen LogP contribution in [0, 0.1) is 5.82 Å². The van der Waals surface area contributed by atoms with E-state index < -0.39 is 5.82 Å². The number of nitrogen functional groups attached to an aromatic ring is 1. The summed E-state index contributed by atoms with van der Waals surface area (Å²) in [5, 5.41) is 16.4. The highest BCUT2D eigenvalue weighted by Crippen LogP contribution is 2.28. The first kappa shape index (κ1) is 11.6. The van der Waals surface area contributed by atoms with Crippen molar-refractivity contribution in [3.8, 4) is 0 Å². The van der Waals surface area contributed by atoms with Gasteiger partial charge in [-0.3, -0.25) is 0 Å². The minimum atomic E-state index is -0.538. The predicted molar refractivity (Wildman–Crippen MR) is 62.0 cm³/mol. The molecule has 4 N–H and O–H groups in total. The third kappa shape index (κ3) is 2.44. The van der Waals surface area contributed by atoms with Gasteiger partial charge in [0.25, 0.3) is 0 Å². The average molecular weight is 257 g/mol. The van der Waals surface area contributed by atoms with Gasteiger partial charge < -0.3 is 11.1 Å². The Morgan fingerprint density at radius 2 is 2.29 bits per heavy atom. The lowest BCUT2D eigenvalue weighted by Crippen LogP contribution is -2.10. The molecule has 0 bridgehead atoms. The van der Waals surface area contributed by atoms with E-state index in [0.29, 0.717) is 17.2 Å². The molecule has 2 aromatic rings. The molecule has 0 aliphatic heterocycles. The Bertz CT molecular complexity index is 514. The lowest BCUT2D eigenvalue weighted by molar-refractivity contribution is 0.628. The van der Waals surface area contributed by atoms with Crippen LogP contribution in [0.25, 0.3) is 0 Å². The molecule has 0 saturated carbocycles. The average Bonchev–Trinajstić information content (AvgIpc) is 2.79. The van der Waals surface area contributed by atoms with Crippen LogP contribution in [-0.4, -0.2) is 20.6 Å². The number of halogens is 2. The van der Waals surface area contributed by atoms with E-state index >= 15 is 0 Å². The van der Waals surface area contributed by atoms with Crippen molar-refractivity contribution in [1.29, 1.82) is 0 Å². The van der Waals surface area contributed by atoms with Crippen LogP contribution in [0.4, 0.5) is 15.8 Å². The second-order valence-electron chi connectivity index (χ2n) is 3.49. The van der Waals surface area contributed by atoms with Crippen molar-refractivity contribution < 1.29 is 4.39 Å². The normalized spacial score (nSPS) is 12.4. The summed E-state index contributed by atoms with van der Waals surface area (Å²) in [5.74, 6) is -0.0802. The number of H-pyrrole nitrogens is 1. The van der Waals surface area contributed by atoms with Crippen molar-refractivity contribution in [2.75, 3.05) is 11.1 Å². The molecular weight excluding hydrogens is 247 g/mol. The zero-order chi connectivity index (χ0) is 12.4. The van der Waals surface area contributed by atoms with Crippen LogP contribution in [0.3, 0.4) is 0 Å². The highest BCUT2D eigenvalue weighted by Gasteiger charge is 2.13. The number of hydrogen-bond acceptors (Lipinski definition) is 5. The molecular formula is C9H10ClFN6. The van der Waals surface area contributed by atoms with E-state index in [0.717, 1.165) is 0 Å². The Morgan fingerprint density at radius 3 is 2.94 bits per heavy atom. The number of nitrogens with zero attached hydrogens (tertiary/aromatic N) is 3.